The minimum atomic E-state index is -0.365. The van der Waals surface area contributed by atoms with Gasteiger partial charge in [0.15, 0.2) is 0 Å². The van der Waals surface area contributed by atoms with Crippen LogP contribution in [0.1, 0.15) is 78.2 Å². The molecule has 1 rings (SSSR count). The zero-order valence-corrected chi connectivity index (χ0v) is 14.8. The summed E-state index contributed by atoms with van der Waals surface area (Å²) in [4.78, 5) is 12.4. The minimum Gasteiger partial charge on any atom is -0.426 e. The van der Waals surface area contributed by atoms with Crippen LogP contribution >= 0.6 is 0 Å². The monoisotopic (exact) mass is 304 g/mol. The average molecular weight is 304 g/mol. The van der Waals surface area contributed by atoms with Gasteiger partial charge < -0.3 is 4.74 Å². The third kappa shape index (κ3) is 5.82. The fraction of sp³-hybridized carbons (Fsp3) is 0.650. The van der Waals surface area contributed by atoms with Gasteiger partial charge in [-0.15, -0.1) is 0 Å². The molecule has 0 aliphatic rings. The van der Waals surface area contributed by atoms with E-state index in [0.717, 1.165) is 32.1 Å². The largest absolute Gasteiger partial charge is 0.426 e. The molecule has 0 fully saturated rings. The van der Waals surface area contributed by atoms with Gasteiger partial charge in [-0.05, 0) is 50.3 Å². The molecule has 2 nitrogen and oxygen atoms in total. The first-order valence-corrected chi connectivity index (χ1v) is 8.87. The van der Waals surface area contributed by atoms with Crippen LogP contribution in [-0.2, 0) is 11.2 Å². The molecule has 0 saturated heterocycles. The highest BCUT2D eigenvalue weighted by Gasteiger charge is 2.32. The lowest BCUT2D eigenvalue weighted by molar-refractivity contribution is -0.145. The maximum absolute atomic E-state index is 12.4. The predicted octanol–water partition coefficient (Wildman–Crippen LogP) is 5.93. The number of ether oxygens (including phenoxy) is 1. The van der Waals surface area contributed by atoms with Gasteiger partial charge in [-0.3, -0.25) is 4.79 Å². The van der Waals surface area contributed by atoms with Gasteiger partial charge in [0.25, 0.3) is 0 Å². The summed E-state index contributed by atoms with van der Waals surface area (Å²) < 4.78 is 5.61. The predicted molar refractivity (Wildman–Crippen MR) is 93.2 cm³/mol. The molecule has 1 aromatic carbocycles. The van der Waals surface area contributed by atoms with E-state index in [2.05, 4.69) is 32.9 Å². The van der Waals surface area contributed by atoms with Crippen LogP contribution in [0.5, 0.6) is 5.75 Å². The highest BCUT2D eigenvalue weighted by atomic mass is 16.5. The van der Waals surface area contributed by atoms with Crippen molar-refractivity contribution in [1.29, 1.82) is 0 Å². The van der Waals surface area contributed by atoms with Crippen molar-refractivity contribution >= 4 is 5.97 Å². The quantitative estimate of drug-likeness (QED) is 0.304. The third-order valence-corrected chi connectivity index (χ3v) is 4.56. The highest BCUT2D eigenvalue weighted by molar-refractivity contribution is 5.78. The standard InChI is InChI=1S/C20H32O2/c1-5-8-10-11-17-12-14-18(15-13-17)22-19(21)20(4,7-3)16-9-6-2/h12-15H,5-11,16H2,1-4H3. The van der Waals surface area contributed by atoms with E-state index in [1.54, 1.807) is 0 Å². The van der Waals surface area contributed by atoms with Crippen LogP contribution in [0.25, 0.3) is 0 Å². The van der Waals surface area contributed by atoms with Crippen LogP contribution in [0.15, 0.2) is 24.3 Å². The second kappa shape index (κ2) is 9.66. The Bertz CT molecular complexity index is 436. The van der Waals surface area contributed by atoms with Crippen LogP contribution in [-0.4, -0.2) is 5.97 Å². The normalized spacial score (nSPS) is 13.6. The van der Waals surface area contributed by atoms with E-state index in [1.807, 2.05) is 19.1 Å². The van der Waals surface area contributed by atoms with Gasteiger partial charge in [-0.25, -0.2) is 0 Å². The Labute approximate surface area is 136 Å². The molecule has 0 saturated carbocycles. The Morgan fingerprint density at radius 1 is 1.00 bits per heavy atom. The maximum Gasteiger partial charge on any atom is 0.317 e. The van der Waals surface area contributed by atoms with Gasteiger partial charge in [0.1, 0.15) is 5.75 Å². The van der Waals surface area contributed by atoms with Crippen LogP contribution in [0, 0.1) is 5.41 Å². The maximum atomic E-state index is 12.4. The fourth-order valence-electron chi connectivity index (χ4n) is 2.52. The van der Waals surface area contributed by atoms with E-state index in [9.17, 15) is 4.79 Å². The molecule has 0 radical (unpaired) electrons. The Balaban J connectivity index is 2.59. The van der Waals surface area contributed by atoms with Crippen molar-refractivity contribution in [2.24, 2.45) is 5.41 Å². The molecule has 2 heteroatoms. The van der Waals surface area contributed by atoms with Crippen molar-refractivity contribution in [3.05, 3.63) is 29.8 Å². The zero-order valence-electron chi connectivity index (χ0n) is 14.8. The van der Waals surface area contributed by atoms with Crippen molar-refractivity contribution < 1.29 is 9.53 Å². The van der Waals surface area contributed by atoms with Crippen molar-refractivity contribution in [2.45, 2.75) is 79.1 Å². The number of esters is 1. The van der Waals surface area contributed by atoms with Crippen LogP contribution in [0.2, 0.25) is 0 Å². The number of carbonyl (C=O) groups excluding carboxylic acids is 1. The Morgan fingerprint density at radius 3 is 2.18 bits per heavy atom. The first kappa shape index (κ1) is 18.7. The van der Waals surface area contributed by atoms with E-state index < -0.39 is 0 Å². The molecule has 0 aromatic heterocycles. The first-order chi connectivity index (χ1) is 10.6. The molecule has 1 unspecified atom stereocenters. The summed E-state index contributed by atoms with van der Waals surface area (Å²) in [7, 11) is 0. The smallest absolute Gasteiger partial charge is 0.317 e. The molecule has 0 heterocycles. The summed E-state index contributed by atoms with van der Waals surface area (Å²) in [5, 5.41) is 0. The molecular weight excluding hydrogens is 272 g/mol. The van der Waals surface area contributed by atoms with E-state index in [0.29, 0.717) is 5.75 Å². The molecular formula is C20H32O2. The summed E-state index contributed by atoms with van der Waals surface area (Å²) in [5.74, 6) is 0.572. The number of benzene rings is 1. The molecule has 1 atom stereocenters. The van der Waals surface area contributed by atoms with Crippen molar-refractivity contribution in [2.75, 3.05) is 0 Å². The molecule has 0 aliphatic heterocycles. The lowest BCUT2D eigenvalue weighted by Crippen LogP contribution is -2.31. The average Bonchev–Trinajstić information content (AvgIpc) is 2.54. The summed E-state index contributed by atoms with van der Waals surface area (Å²) >= 11 is 0. The second-order valence-electron chi connectivity index (χ2n) is 6.51. The van der Waals surface area contributed by atoms with Crippen LogP contribution < -0.4 is 4.74 Å². The van der Waals surface area contributed by atoms with Gasteiger partial charge in [-0.2, -0.15) is 0 Å². The van der Waals surface area contributed by atoms with E-state index in [4.69, 9.17) is 4.74 Å². The summed E-state index contributed by atoms with van der Waals surface area (Å²) in [6, 6.07) is 8.01. The summed E-state index contributed by atoms with van der Waals surface area (Å²) in [6.45, 7) is 8.45. The van der Waals surface area contributed by atoms with Crippen molar-refractivity contribution in [3.8, 4) is 5.75 Å². The molecule has 0 amide bonds. The van der Waals surface area contributed by atoms with Gasteiger partial charge >= 0.3 is 5.97 Å². The number of aryl methyl sites for hydroxylation is 1. The summed E-state index contributed by atoms with van der Waals surface area (Å²) in [5.41, 5.74) is 0.952. The lowest BCUT2D eigenvalue weighted by Gasteiger charge is -2.25. The fourth-order valence-corrected chi connectivity index (χ4v) is 2.52. The Morgan fingerprint density at radius 2 is 1.64 bits per heavy atom. The van der Waals surface area contributed by atoms with Crippen molar-refractivity contribution in [1.82, 2.24) is 0 Å². The SMILES string of the molecule is CCCCCc1ccc(OC(=O)C(C)(CC)CCCC)cc1. The van der Waals surface area contributed by atoms with Crippen LogP contribution in [0.4, 0.5) is 0 Å². The minimum absolute atomic E-state index is 0.0952. The van der Waals surface area contributed by atoms with Crippen LogP contribution in [0.3, 0.4) is 0 Å². The van der Waals surface area contributed by atoms with Gasteiger partial charge in [0, 0.05) is 0 Å². The molecule has 0 aliphatic carbocycles. The molecule has 0 bridgehead atoms. The van der Waals surface area contributed by atoms with E-state index in [1.165, 1.54) is 24.8 Å². The number of hydrogen-bond donors (Lipinski definition) is 0. The Kier molecular flexibility index (Phi) is 8.22. The number of hydrogen-bond acceptors (Lipinski definition) is 2. The third-order valence-electron chi connectivity index (χ3n) is 4.56. The number of unbranched alkanes of at least 4 members (excludes halogenated alkanes) is 3. The van der Waals surface area contributed by atoms with Gasteiger partial charge in [0.2, 0.25) is 0 Å². The molecule has 1 aromatic rings. The zero-order chi connectivity index (χ0) is 16.4. The van der Waals surface area contributed by atoms with E-state index >= 15 is 0 Å². The van der Waals surface area contributed by atoms with Gasteiger partial charge in [-0.1, -0.05) is 58.6 Å². The second-order valence-corrected chi connectivity index (χ2v) is 6.51. The van der Waals surface area contributed by atoms with Crippen molar-refractivity contribution in [3.63, 3.8) is 0 Å². The lowest BCUT2D eigenvalue weighted by atomic mass is 9.82. The topological polar surface area (TPSA) is 26.3 Å². The first-order valence-electron chi connectivity index (χ1n) is 8.87. The summed E-state index contributed by atoms with van der Waals surface area (Å²) in [6.07, 6.45) is 8.72. The number of rotatable bonds is 10. The van der Waals surface area contributed by atoms with Gasteiger partial charge in [0.05, 0.1) is 5.41 Å². The molecule has 0 N–H and O–H groups in total. The molecule has 124 valence electrons. The Hall–Kier alpha value is -1.31. The number of carbonyl (C=O) groups is 1. The highest BCUT2D eigenvalue weighted by Crippen LogP contribution is 2.30. The molecule has 22 heavy (non-hydrogen) atoms. The van der Waals surface area contributed by atoms with E-state index in [-0.39, 0.29) is 11.4 Å². The molecule has 0 spiro atoms.